The lowest BCUT2D eigenvalue weighted by Gasteiger charge is -2.17. The van der Waals surface area contributed by atoms with Crippen molar-refractivity contribution < 1.29 is 14.3 Å². The van der Waals surface area contributed by atoms with Crippen LogP contribution in [0.1, 0.15) is 6.42 Å². The van der Waals surface area contributed by atoms with Gasteiger partial charge in [0.05, 0.1) is 13.0 Å². The molecular formula is C18H18N2O3. The predicted molar refractivity (Wildman–Crippen MR) is 88.6 cm³/mol. The molecule has 0 saturated carbocycles. The van der Waals surface area contributed by atoms with Crippen LogP contribution >= 0.6 is 0 Å². The van der Waals surface area contributed by atoms with Crippen LogP contribution in [0.25, 0.3) is 0 Å². The van der Waals surface area contributed by atoms with E-state index in [1.54, 1.807) is 4.90 Å². The molecular weight excluding hydrogens is 292 g/mol. The van der Waals surface area contributed by atoms with Crippen molar-refractivity contribution in [1.29, 1.82) is 0 Å². The minimum absolute atomic E-state index is 0.0517. The van der Waals surface area contributed by atoms with Gasteiger partial charge in [0.2, 0.25) is 5.91 Å². The number of hydrogen-bond donors (Lipinski definition) is 1. The van der Waals surface area contributed by atoms with Crippen LogP contribution in [-0.4, -0.2) is 25.5 Å². The lowest BCUT2D eigenvalue weighted by Crippen LogP contribution is -2.26. The fourth-order valence-electron chi connectivity index (χ4n) is 2.69. The number of carbonyl (C=O) groups excluding carboxylic acids is 2. The Morgan fingerprint density at radius 1 is 1.09 bits per heavy atom. The highest BCUT2D eigenvalue weighted by atomic mass is 16.5. The number of rotatable bonds is 4. The third-order valence-electron chi connectivity index (χ3n) is 3.90. The first-order valence-electron chi connectivity index (χ1n) is 7.47. The maximum absolute atomic E-state index is 12.1. The fraction of sp³-hybridized carbons (Fsp3) is 0.222. The maximum atomic E-state index is 12.1. The molecule has 1 aliphatic rings. The van der Waals surface area contributed by atoms with Gasteiger partial charge in [0.15, 0.2) is 0 Å². The Bertz CT molecular complexity index is 698. The summed E-state index contributed by atoms with van der Waals surface area (Å²) < 4.78 is 4.72. The zero-order valence-corrected chi connectivity index (χ0v) is 12.9. The number of para-hydroxylation sites is 1. The summed E-state index contributed by atoms with van der Waals surface area (Å²) in [4.78, 5) is 25.3. The van der Waals surface area contributed by atoms with E-state index in [0.29, 0.717) is 6.54 Å². The van der Waals surface area contributed by atoms with Gasteiger partial charge in [0.25, 0.3) is 0 Å². The van der Waals surface area contributed by atoms with Crippen LogP contribution in [0.2, 0.25) is 0 Å². The van der Waals surface area contributed by atoms with E-state index in [-0.39, 0.29) is 24.2 Å². The molecule has 5 heteroatoms. The van der Waals surface area contributed by atoms with E-state index in [0.717, 1.165) is 17.1 Å². The van der Waals surface area contributed by atoms with Crippen molar-refractivity contribution in [2.45, 2.75) is 6.42 Å². The first-order chi connectivity index (χ1) is 11.2. The number of carbonyl (C=O) groups is 2. The molecule has 1 amide bonds. The Kier molecular flexibility index (Phi) is 4.28. The highest BCUT2D eigenvalue weighted by molar-refractivity contribution is 5.99. The molecule has 0 aliphatic carbocycles. The lowest BCUT2D eigenvalue weighted by molar-refractivity contribution is -0.145. The van der Waals surface area contributed by atoms with Crippen LogP contribution in [0, 0.1) is 5.92 Å². The third-order valence-corrected chi connectivity index (χ3v) is 3.90. The van der Waals surface area contributed by atoms with Crippen molar-refractivity contribution in [3.8, 4) is 0 Å². The smallest absolute Gasteiger partial charge is 0.311 e. The molecule has 1 heterocycles. The number of nitrogens with one attached hydrogen (secondary N) is 1. The Morgan fingerprint density at radius 2 is 1.74 bits per heavy atom. The number of ether oxygens (including phenoxy) is 1. The van der Waals surface area contributed by atoms with E-state index < -0.39 is 0 Å². The molecule has 1 aliphatic heterocycles. The van der Waals surface area contributed by atoms with Gasteiger partial charge < -0.3 is 15.0 Å². The highest BCUT2D eigenvalue weighted by Crippen LogP contribution is 2.27. The average molecular weight is 310 g/mol. The summed E-state index contributed by atoms with van der Waals surface area (Å²) in [6.45, 7) is 0.372. The average Bonchev–Trinajstić information content (AvgIpc) is 2.98. The van der Waals surface area contributed by atoms with Gasteiger partial charge >= 0.3 is 5.97 Å². The van der Waals surface area contributed by atoms with Crippen molar-refractivity contribution in [3.05, 3.63) is 54.6 Å². The molecule has 118 valence electrons. The molecule has 0 aromatic heterocycles. The zero-order chi connectivity index (χ0) is 16.2. The lowest BCUT2D eigenvalue weighted by atomic mass is 10.1. The number of nitrogens with zero attached hydrogens (tertiary/aromatic N) is 1. The van der Waals surface area contributed by atoms with Gasteiger partial charge in [-0.3, -0.25) is 9.59 Å². The number of anilines is 3. The maximum Gasteiger partial charge on any atom is 0.311 e. The van der Waals surface area contributed by atoms with Gasteiger partial charge in [-0.05, 0) is 36.4 Å². The molecule has 0 spiro atoms. The molecule has 1 saturated heterocycles. The molecule has 3 rings (SSSR count). The standard InChI is InChI=1S/C18H18N2O3/c1-23-18(22)13-11-17(21)20(12-13)16-9-7-15(8-10-16)19-14-5-3-2-4-6-14/h2-10,13,19H,11-12H2,1H3. The number of methoxy groups -OCH3 is 1. The minimum Gasteiger partial charge on any atom is -0.469 e. The second-order valence-corrected chi connectivity index (χ2v) is 5.47. The van der Waals surface area contributed by atoms with E-state index in [4.69, 9.17) is 4.74 Å². The van der Waals surface area contributed by atoms with Crippen LogP contribution in [-0.2, 0) is 14.3 Å². The number of hydrogen-bond acceptors (Lipinski definition) is 4. The predicted octanol–water partition coefficient (Wildman–Crippen LogP) is 2.96. The van der Waals surface area contributed by atoms with Crippen molar-refractivity contribution in [1.82, 2.24) is 0 Å². The van der Waals surface area contributed by atoms with Gasteiger partial charge in [0.1, 0.15) is 0 Å². The van der Waals surface area contributed by atoms with Crippen molar-refractivity contribution in [2.75, 3.05) is 23.9 Å². The monoisotopic (exact) mass is 310 g/mol. The van der Waals surface area contributed by atoms with E-state index in [1.165, 1.54) is 7.11 Å². The van der Waals surface area contributed by atoms with Crippen LogP contribution < -0.4 is 10.2 Å². The van der Waals surface area contributed by atoms with Crippen molar-refractivity contribution >= 4 is 28.9 Å². The third kappa shape index (κ3) is 3.34. The first kappa shape index (κ1) is 15.1. The van der Waals surface area contributed by atoms with Gasteiger partial charge in [-0.25, -0.2) is 0 Å². The van der Waals surface area contributed by atoms with Gasteiger partial charge in [-0.15, -0.1) is 0 Å². The summed E-state index contributed by atoms with van der Waals surface area (Å²) >= 11 is 0. The van der Waals surface area contributed by atoms with Crippen LogP contribution in [0.5, 0.6) is 0 Å². The highest BCUT2D eigenvalue weighted by Gasteiger charge is 2.35. The van der Waals surface area contributed by atoms with Crippen molar-refractivity contribution in [2.24, 2.45) is 5.92 Å². The van der Waals surface area contributed by atoms with Crippen LogP contribution in [0.15, 0.2) is 54.6 Å². The van der Waals surface area contributed by atoms with Crippen molar-refractivity contribution in [3.63, 3.8) is 0 Å². The Balaban J connectivity index is 1.70. The molecule has 1 fully saturated rings. The molecule has 1 N–H and O–H groups in total. The molecule has 23 heavy (non-hydrogen) atoms. The molecule has 1 atom stereocenters. The Labute approximate surface area is 134 Å². The summed E-state index contributed by atoms with van der Waals surface area (Å²) in [7, 11) is 1.35. The zero-order valence-electron chi connectivity index (χ0n) is 12.9. The minimum atomic E-state index is -0.380. The van der Waals surface area contributed by atoms with E-state index in [2.05, 4.69) is 5.32 Å². The van der Waals surface area contributed by atoms with Gasteiger partial charge in [-0.2, -0.15) is 0 Å². The number of benzene rings is 2. The number of esters is 1. The topological polar surface area (TPSA) is 58.6 Å². The van der Waals surface area contributed by atoms with Gasteiger partial charge in [0, 0.05) is 30.0 Å². The second kappa shape index (κ2) is 6.52. The SMILES string of the molecule is COC(=O)C1CC(=O)N(c2ccc(Nc3ccccc3)cc2)C1. The Morgan fingerprint density at radius 3 is 2.39 bits per heavy atom. The van der Waals surface area contributed by atoms with E-state index >= 15 is 0 Å². The molecule has 2 aromatic rings. The van der Waals surface area contributed by atoms with Crippen LogP contribution in [0.3, 0.4) is 0 Å². The van der Waals surface area contributed by atoms with E-state index in [1.807, 2.05) is 54.6 Å². The largest absolute Gasteiger partial charge is 0.469 e. The summed E-state index contributed by atoms with van der Waals surface area (Å²) in [6, 6.07) is 17.5. The van der Waals surface area contributed by atoms with E-state index in [9.17, 15) is 9.59 Å². The molecule has 0 radical (unpaired) electrons. The molecule has 2 aromatic carbocycles. The number of amides is 1. The summed E-state index contributed by atoms with van der Waals surface area (Å²) in [6.07, 6.45) is 0.205. The fourth-order valence-corrected chi connectivity index (χ4v) is 2.69. The quantitative estimate of drug-likeness (QED) is 0.882. The normalized spacial score (nSPS) is 17.2. The first-order valence-corrected chi connectivity index (χ1v) is 7.47. The molecule has 0 bridgehead atoms. The second-order valence-electron chi connectivity index (χ2n) is 5.47. The Hall–Kier alpha value is -2.82. The molecule has 1 unspecified atom stereocenters. The summed E-state index contributed by atoms with van der Waals surface area (Å²) in [5.41, 5.74) is 2.74. The summed E-state index contributed by atoms with van der Waals surface area (Å²) in [5.74, 6) is -0.762. The van der Waals surface area contributed by atoms with Crippen LogP contribution in [0.4, 0.5) is 17.1 Å². The van der Waals surface area contributed by atoms with Gasteiger partial charge in [-0.1, -0.05) is 18.2 Å². The molecule has 5 nitrogen and oxygen atoms in total. The summed E-state index contributed by atoms with van der Waals surface area (Å²) in [5, 5.41) is 3.29.